The molecule has 1 aliphatic heterocycles. The lowest BCUT2D eigenvalue weighted by atomic mass is 9.95. The van der Waals surface area contributed by atoms with Crippen molar-refractivity contribution in [3.8, 4) is 0 Å². The van der Waals surface area contributed by atoms with Gasteiger partial charge in [0.05, 0.1) is 10.5 Å². The van der Waals surface area contributed by atoms with Crippen molar-refractivity contribution in [2.24, 2.45) is 0 Å². The first-order valence-electron chi connectivity index (χ1n) is 11.7. The summed E-state index contributed by atoms with van der Waals surface area (Å²) in [6.07, 6.45) is 9.00. The van der Waals surface area contributed by atoms with E-state index < -0.39 is 10.0 Å². The van der Waals surface area contributed by atoms with Crippen LogP contribution in [0.15, 0.2) is 23.1 Å². The number of nitrogens with zero attached hydrogens (tertiary/aromatic N) is 2. The van der Waals surface area contributed by atoms with Crippen molar-refractivity contribution >= 4 is 27.5 Å². The van der Waals surface area contributed by atoms with Crippen LogP contribution in [-0.2, 0) is 14.8 Å². The Hall–Kier alpha value is -2.13. The van der Waals surface area contributed by atoms with Gasteiger partial charge < -0.3 is 15.5 Å². The molecule has 1 aromatic rings. The predicted octanol–water partition coefficient (Wildman–Crippen LogP) is 2.50. The average molecular weight is 465 g/mol. The van der Waals surface area contributed by atoms with Crippen LogP contribution < -0.4 is 15.5 Å². The summed E-state index contributed by atoms with van der Waals surface area (Å²) in [4.78, 5) is 27.5. The monoisotopic (exact) mass is 464 g/mol. The van der Waals surface area contributed by atoms with E-state index in [0.29, 0.717) is 5.56 Å². The van der Waals surface area contributed by atoms with Crippen molar-refractivity contribution in [2.45, 2.75) is 68.7 Å². The topological polar surface area (TPSA) is 98.8 Å². The molecule has 0 aromatic heterocycles. The predicted molar refractivity (Wildman–Crippen MR) is 125 cm³/mol. The Morgan fingerprint density at radius 1 is 1.03 bits per heavy atom. The summed E-state index contributed by atoms with van der Waals surface area (Å²) in [5.41, 5.74) is 1.08. The SMILES string of the molecule is CN(C)S(=O)(=O)c1ccc(N2CCCCC2)c(C(=O)NCCC(=O)NC2CCCCC2)c1. The molecule has 0 atom stereocenters. The van der Waals surface area contributed by atoms with Gasteiger partial charge in [-0.3, -0.25) is 9.59 Å². The lowest BCUT2D eigenvalue weighted by Gasteiger charge is -2.30. The molecule has 0 spiro atoms. The molecule has 1 saturated heterocycles. The van der Waals surface area contributed by atoms with Crippen LogP contribution in [0.2, 0.25) is 0 Å². The van der Waals surface area contributed by atoms with E-state index in [1.807, 2.05) is 0 Å². The fourth-order valence-corrected chi connectivity index (χ4v) is 5.34. The number of piperidine rings is 1. The molecule has 1 aromatic carbocycles. The second-order valence-electron chi connectivity index (χ2n) is 8.92. The summed E-state index contributed by atoms with van der Waals surface area (Å²) in [6.45, 7) is 1.88. The maximum Gasteiger partial charge on any atom is 0.253 e. The third-order valence-electron chi connectivity index (χ3n) is 6.30. The Morgan fingerprint density at radius 3 is 2.34 bits per heavy atom. The highest BCUT2D eigenvalue weighted by Gasteiger charge is 2.24. The normalized spacial score (nSPS) is 17.9. The number of benzene rings is 1. The van der Waals surface area contributed by atoms with E-state index in [0.717, 1.165) is 68.0 Å². The van der Waals surface area contributed by atoms with Crippen LogP contribution in [0.4, 0.5) is 5.69 Å². The Morgan fingerprint density at radius 2 is 1.69 bits per heavy atom. The molecule has 2 amide bonds. The second-order valence-corrected chi connectivity index (χ2v) is 11.1. The largest absolute Gasteiger partial charge is 0.371 e. The van der Waals surface area contributed by atoms with Crippen LogP contribution in [0.3, 0.4) is 0 Å². The van der Waals surface area contributed by atoms with Crippen LogP contribution in [0.25, 0.3) is 0 Å². The maximum atomic E-state index is 13.1. The first-order valence-corrected chi connectivity index (χ1v) is 13.1. The fourth-order valence-electron chi connectivity index (χ4n) is 4.41. The summed E-state index contributed by atoms with van der Waals surface area (Å²) in [7, 11) is -0.718. The lowest BCUT2D eigenvalue weighted by molar-refractivity contribution is -0.121. The van der Waals surface area contributed by atoms with Gasteiger partial charge in [0.2, 0.25) is 15.9 Å². The number of anilines is 1. The molecule has 0 radical (unpaired) electrons. The van der Waals surface area contributed by atoms with Gasteiger partial charge in [-0.05, 0) is 50.3 Å². The van der Waals surface area contributed by atoms with Gasteiger partial charge in [0.15, 0.2) is 0 Å². The number of nitrogens with one attached hydrogen (secondary N) is 2. The highest BCUT2D eigenvalue weighted by molar-refractivity contribution is 7.89. The van der Waals surface area contributed by atoms with Gasteiger partial charge in [-0.25, -0.2) is 12.7 Å². The number of carbonyl (C=O) groups excluding carboxylic acids is 2. The molecule has 1 aliphatic carbocycles. The molecule has 32 heavy (non-hydrogen) atoms. The van der Waals surface area contributed by atoms with Crippen molar-refractivity contribution in [1.82, 2.24) is 14.9 Å². The number of carbonyl (C=O) groups is 2. The summed E-state index contributed by atoms with van der Waals surface area (Å²) in [5.74, 6) is -0.413. The minimum absolute atomic E-state index is 0.0580. The molecular formula is C23H36N4O4S. The van der Waals surface area contributed by atoms with Crippen LogP contribution in [0.1, 0.15) is 68.1 Å². The summed E-state index contributed by atoms with van der Waals surface area (Å²) in [6, 6.07) is 4.99. The lowest BCUT2D eigenvalue weighted by Crippen LogP contribution is -2.38. The Labute approximate surface area is 191 Å². The Balaban J connectivity index is 1.69. The van der Waals surface area contributed by atoms with Gasteiger partial charge in [0.1, 0.15) is 0 Å². The smallest absolute Gasteiger partial charge is 0.253 e. The quantitative estimate of drug-likeness (QED) is 0.616. The molecule has 0 bridgehead atoms. The van der Waals surface area contributed by atoms with Crippen molar-refractivity contribution in [3.05, 3.63) is 23.8 Å². The number of sulfonamides is 1. The Bertz CT molecular complexity index is 905. The van der Waals surface area contributed by atoms with Crippen LogP contribution in [0, 0.1) is 0 Å². The van der Waals surface area contributed by atoms with E-state index >= 15 is 0 Å². The van der Waals surface area contributed by atoms with Crippen molar-refractivity contribution in [2.75, 3.05) is 38.6 Å². The van der Waals surface area contributed by atoms with Gasteiger partial charge in [-0.1, -0.05) is 19.3 Å². The van der Waals surface area contributed by atoms with E-state index in [1.54, 1.807) is 12.1 Å². The third kappa shape index (κ3) is 6.22. The molecular weight excluding hydrogens is 428 g/mol. The molecule has 2 N–H and O–H groups in total. The molecule has 2 aliphatic rings. The number of amides is 2. The molecule has 1 saturated carbocycles. The second kappa shape index (κ2) is 11.1. The van der Waals surface area contributed by atoms with Crippen LogP contribution >= 0.6 is 0 Å². The van der Waals surface area contributed by atoms with Gasteiger partial charge in [0.25, 0.3) is 5.91 Å². The minimum Gasteiger partial charge on any atom is -0.371 e. The standard InChI is InChI=1S/C23H36N4O4S/c1-26(2)32(30,31)19-11-12-21(27-15-7-4-8-16-27)20(17-19)23(29)24-14-13-22(28)25-18-9-5-3-6-10-18/h11-12,17-18H,3-10,13-16H2,1-2H3,(H,24,29)(H,25,28). The molecule has 9 heteroatoms. The highest BCUT2D eigenvalue weighted by atomic mass is 32.2. The van der Waals surface area contributed by atoms with E-state index in [-0.39, 0.29) is 35.7 Å². The number of rotatable bonds is 8. The summed E-state index contributed by atoms with van der Waals surface area (Å²) < 4.78 is 26.4. The minimum atomic E-state index is -3.66. The van der Waals surface area contributed by atoms with E-state index in [2.05, 4.69) is 15.5 Å². The maximum absolute atomic E-state index is 13.1. The molecule has 178 valence electrons. The van der Waals surface area contributed by atoms with Crippen molar-refractivity contribution < 1.29 is 18.0 Å². The number of hydrogen-bond donors (Lipinski definition) is 2. The van der Waals surface area contributed by atoms with Gasteiger partial charge in [-0.15, -0.1) is 0 Å². The average Bonchev–Trinajstić information content (AvgIpc) is 2.79. The molecule has 2 fully saturated rings. The highest BCUT2D eigenvalue weighted by Crippen LogP contribution is 2.28. The number of hydrogen-bond acceptors (Lipinski definition) is 5. The van der Waals surface area contributed by atoms with Crippen LogP contribution in [0.5, 0.6) is 0 Å². The molecule has 8 nitrogen and oxygen atoms in total. The zero-order valence-electron chi connectivity index (χ0n) is 19.2. The van der Waals surface area contributed by atoms with Crippen LogP contribution in [-0.4, -0.2) is 64.3 Å². The fraction of sp³-hybridized carbons (Fsp3) is 0.652. The third-order valence-corrected chi connectivity index (χ3v) is 8.11. The molecule has 0 unspecified atom stereocenters. The zero-order valence-corrected chi connectivity index (χ0v) is 20.0. The van der Waals surface area contributed by atoms with E-state index in [4.69, 9.17) is 0 Å². The van der Waals surface area contributed by atoms with E-state index in [1.165, 1.54) is 26.6 Å². The van der Waals surface area contributed by atoms with Gasteiger partial charge in [-0.2, -0.15) is 0 Å². The van der Waals surface area contributed by atoms with Gasteiger partial charge in [0, 0.05) is 51.9 Å². The Kier molecular flexibility index (Phi) is 8.53. The summed E-state index contributed by atoms with van der Waals surface area (Å²) >= 11 is 0. The molecule has 3 rings (SSSR count). The first-order chi connectivity index (χ1) is 15.3. The first kappa shape index (κ1) is 24.5. The van der Waals surface area contributed by atoms with E-state index in [9.17, 15) is 18.0 Å². The molecule has 1 heterocycles. The zero-order chi connectivity index (χ0) is 23.1. The summed E-state index contributed by atoms with van der Waals surface area (Å²) in [5, 5.41) is 5.87. The van der Waals surface area contributed by atoms with Crippen molar-refractivity contribution in [3.63, 3.8) is 0 Å². The van der Waals surface area contributed by atoms with Crippen molar-refractivity contribution in [1.29, 1.82) is 0 Å². The van der Waals surface area contributed by atoms with Gasteiger partial charge >= 0.3 is 0 Å².